The van der Waals surface area contributed by atoms with Crippen molar-refractivity contribution in [3.8, 4) is 0 Å². The summed E-state index contributed by atoms with van der Waals surface area (Å²) < 4.78 is 0. The van der Waals surface area contributed by atoms with E-state index >= 15 is 0 Å². The zero-order chi connectivity index (χ0) is 10.8. The van der Waals surface area contributed by atoms with Crippen LogP contribution in [0.5, 0.6) is 0 Å². The standard InChI is InChI=1S/C13H27N/c1-10-11(6-7-12(10)14-5)8-9-13(2,3)4/h10-12,14H,6-9H2,1-5H3. The predicted molar refractivity (Wildman–Crippen MR) is 63.4 cm³/mol. The summed E-state index contributed by atoms with van der Waals surface area (Å²) in [7, 11) is 2.10. The van der Waals surface area contributed by atoms with Gasteiger partial charge in [0.1, 0.15) is 0 Å². The summed E-state index contributed by atoms with van der Waals surface area (Å²) in [4.78, 5) is 0. The lowest BCUT2D eigenvalue weighted by atomic mass is 9.83. The Morgan fingerprint density at radius 2 is 1.86 bits per heavy atom. The van der Waals surface area contributed by atoms with Crippen LogP contribution in [0.1, 0.15) is 53.4 Å². The molecule has 0 aromatic rings. The molecule has 1 rings (SSSR count). The van der Waals surface area contributed by atoms with Crippen molar-refractivity contribution in [1.29, 1.82) is 0 Å². The van der Waals surface area contributed by atoms with Crippen LogP contribution in [0.25, 0.3) is 0 Å². The fraction of sp³-hybridized carbons (Fsp3) is 1.00. The van der Waals surface area contributed by atoms with E-state index in [9.17, 15) is 0 Å². The van der Waals surface area contributed by atoms with Gasteiger partial charge in [-0.1, -0.05) is 27.7 Å². The highest BCUT2D eigenvalue weighted by Crippen LogP contribution is 2.37. The van der Waals surface area contributed by atoms with Gasteiger partial charge in [0.2, 0.25) is 0 Å². The van der Waals surface area contributed by atoms with Crippen LogP contribution < -0.4 is 5.32 Å². The third kappa shape index (κ3) is 3.27. The van der Waals surface area contributed by atoms with Crippen LogP contribution >= 0.6 is 0 Å². The molecular weight excluding hydrogens is 170 g/mol. The van der Waals surface area contributed by atoms with Gasteiger partial charge < -0.3 is 5.32 Å². The van der Waals surface area contributed by atoms with Crippen LogP contribution in [0.4, 0.5) is 0 Å². The molecule has 14 heavy (non-hydrogen) atoms. The second-order valence-corrected chi connectivity index (χ2v) is 6.19. The molecule has 0 aliphatic heterocycles. The molecule has 84 valence electrons. The third-order valence-electron chi connectivity index (χ3n) is 3.86. The van der Waals surface area contributed by atoms with Crippen molar-refractivity contribution < 1.29 is 0 Å². The molecule has 1 aliphatic rings. The fourth-order valence-corrected chi connectivity index (χ4v) is 2.68. The van der Waals surface area contributed by atoms with Crippen molar-refractivity contribution >= 4 is 0 Å². The van der Waals surface area contributed by atoms with Gasteiger partial charge in [0, 0.05) is 6.04 Å². The van der Waals surface area contributed by atoms with Gasteiger partial charge in [-0.3, -0.25) is 0 Å². The maximum atomic E-state index is 3.44. The molecule has 0 heterocycles. The summed E-state index contributed by atoms with van der Waals surface area (Å²) in [5.41, 5.74) is 0.511. The van der Waals surface area contributed by atoms with E-state index in [0.29, 0.717) is 5.41 Å². The average Bonchev–Trinajstić information content (AvgIpc) is 2.42. The molecule has 1 fully saturated rings. The molecule has 0 saturated heterocycles. The molecule has 1 N–H and O–H groups in total. The van der Waals surface area contributed by atoms with E-state index in [-0.39, 0.29) is 0 Å². The van der Waals surface area contributed by atoms with Gasteiger partial charge in [-0.25, -0.2) is 0 Å². The summed E-state index contributed by atoms with van der Waals surface area (Å²) in [6, 6.07) is 0.778. The van der Waals surface area contributed by atoms with E-state index in [1.54, 1.807) is 0 Å². The lowest BCUT2D eigenvalue weighted by Crippen LogP contribution is -2.29. The van der Waals surface area contributed by atoms with Gasteiger partial charge in [-0.05, 0) is 50.0 Å². The molecule has 3 unspecified atom stereocenters. The fourth-order valence-electron chi connectivity index (χ4n) is 2.68. The maximum absolute atomic E-state index is 3.44. The Labute approximate surface area is 89.7 Å². The first-order chi connectivity index (χ1) is 6.44. The zero-order valence-corrected chi connectivity index (χ0v) is 10.6. The highest BCUT2D eigenvalue weighted by Gasteiger charge is 2.31. The minimum absolute atomic E-state index is 0.511. The first-order valence-electron chi connectivity index (χ1n) is 6.11. The Kier molecular flexibility index (Phi) is 4.00. The molecule has 0 bridgehead atoms. The minimum atomic E-state index is 0.511. The largest absolute Gasteiger partial charge is 0.317 e. The smallest absolute Gasteiger partial charge is 0.00924 e. The number of rotatable bonds is 3. The Bertz CT molecular complexity index is 169. The molecule has 1 saturated carbocycles. The monoisotopic (exact) mass is 197 g/mol. The number of nitrogens with one attached hydrogen (secondary N) is 1. The Balaban J connectivity index is 2.33. The molecule has 0 aromatic carbocycles. The second kappa shape index (κ2) is 4.65. The van der Waals surface area contributed by atoms with Crippen molar-refractivity contribution in [1.82, 2.24) is 5.32 Å². The topological polar surface area (TPSA) is 12.0 Å². The van der Waals surface area contributed by atoms with Crippen LogP contribution in [-0.2, 0) is 0 Å². The van der Waals surface area contributed by atoms with Crippen molar-refractivity contribution in [2.75, 3.05) is 7.05 Å². The van der Waals surface area contributed by atoms with E-state index in [1.807, 2.05) is 0 Å². The summed E-state index contributed by atoms with van der Waals surface area (Å²) >= 11 is 0. The van der Waals surface area contributed by atoms with Crippen molar-refractivity contribution in [3.63, 3.8) is 0 Å². The van der Waals surface area contributed by atoms with Crippen molar-refractivity contribution in [3.05, 3.63) is 0 Å². The number of hydrogen-bond donors (Lipinski definition) is 1. The molecule has 0 radical (unpaired) electrons. The zero-order valence-electron chi connectivity index (χ0n) is 10.6. The molecule has 1 nitrogen and oxygen atoms in total. The van der Waals surface area contributed by atoms with Crippen LogP contribution in [0.3, 0.4) is 0 Å². The highest BCUT2D eigenvalue weighted by atomic mass is 14.9. The second-order valence-electron chi connectivity index (χ2n) is 6.19. The summed E-state index contributed by atoms with van der Waals surface area (Å²) in [5, 5.41) is 3.44. The van der Waals surface area contributed by atoms with Gasteiger partial charge in [-0.15, -0.1) is 0 Å². The molecule has 0 spiro atoms. The van der Waals surface area contributed by atoms with Gasteiger partial charge in [0.25, 0.3) is 0 Å². The first-order valence-corrected chi connectivity index (χ1v) is 6.11. The van der Waals surface area contributed by atoms with Crippen molar-refractivity contribution in [2.24, 2.45) is 17.3 Å². The molecule has 3 atom stereocenters. The van der Waals surface area contributed by atoms with E-state index < -0.39 is 0 Å². The van der Waals surface area contributed by atoms with Gasteiger partial charge >= 0.3 is 0 Å². The molecule has 0 aromatic heterocycles. The SMILES string of the molecule is CNC1CCC(CCC(C)(C)C)C1C. The lowest BCUT2D eigenvalue weighted by molar-refractivity contribution is 0.280. The highest BCUT2D eigenvalue weighted by molar-refractivity contribution is 4.86. The quantitative estimate of drug-likeness (QED) is 0.731. The van der Waals surface area contributed by atoms with Gasteiger partial charge in [-0.2, -0.15) is 0 Å². The third-order valence-corrected chi connectivity index (χ3v) is 3.86. The van der Waals surface area contributed by atoms with Gasteiger partial charge in [0.15, 0.2) is 0 Å². The van der Waals surface area contributed by atoms with Crippen LogP contribution in [-0.4, -0.2) is 13.1 Å². The Morgan fingerprint density at radius 3 is 2.29 bits per heavy atom. The van der Waals surface area contributed by atoms with Crippen molar-refractivity contribution in [2.45, 2.75) is 59.4 Å². The molecule has 1 aliphatic carbocycles. The van der Waals surface area contributed by atoms with E-state index in [2.05, 4.69) is 40.1 Å². The predicted octanol–water partition coefficient (Wildman–Crippen LogP) is 3.45. The van der Waals surface area contributed by atoms with Crippen LogP contribution in [0.15, 0.2) is 0 Å². The Hall–Kier alpha value is -0.0400. The summed E-state index contributed by atoms with van der Waals surface area (Å²) in [6.07, 6.45) is 5.61. The minimum Gasteiger partial charge on any atom is -0.317 e. The van der Waals surface area contributed by atoms with Gasteiger partial charge in [0.05, 0.1) is 0 Å². The normalized spacial score (nSPS) is 33.6. The lowest BCUT2D eigenvalue weighted by Gasteiger charge is -2.24. The number of hydrogen-bond acceptors (Lipinski definition) is 1. The molecule has 1 heteroatoms. The first kappa shape index (κ1) is 12.0. The van der Waals surface area contributed by atoms with Crippen LogP contribution in [0, 0.1) is 17.3 Å². The Morgan fingerprint density at radius 1 is 1.21 bits per heavy atom. The summed E-state index contributed by atoms with van der Waals surface area (Å²) in [5.74, 6) is 1.84. The van der Waals surface area contributed by atoms with Crippen LogP contribution in [0.2, 0.25) is 0 Å². The molecule has 0 amide bonds. The maximum Gasteiger partial charge on any atom is 0.00924 e. The van der Waals surface area contributed by atoms with E-state index in [0.717, 1.165) is 17.9 Å². The molecular formula is C13H27N. The average molecular weight is 197 g/mol. The summed E-state index contributed by atoms with van der Waals surface area (Å²) in [6.45, 7) is 9.47. The van der Waals surface area contributed by atoms with E-state index in [1.165, 1.54) is 25.7 Å². The van der Waals surface area contributed by atoms with E-state index in [4.69, 9.17) is 0 Å².